The van der Waals surface area contributed by atoms with Crippen LogP contribution in [0.25, 0.3) is 0 Å². The zero-order valence-electron chi connectivity index (χ0n) is 10.3. The molecule has 17 heavy (non-hydrogen) atoms. The number of hydrogen-bond acceptors (Lipinski definition) is 4. The minimum absolute atomic E-state index is 0.0712. The molecule has 0 aliphatic rings. The Morgan fingerprint density at radius 2 is 2.06 bits per heavy atom. The van der Waals surface area contributed by atoms with Crippen LogP contribution in [0.2, 0.25) is 0 Å². The third-order valence-corrected chi connectivity index (χ3v) is 3.01. The average Bonchev–Trinajstić information content (AvgIpc) is 2.34. The van der Waals surface area contributed by atoms with Gasteiger partial charge in [-0.25, -0.2) is 0 Å². The van der Waals surface area contributed by atoms with Crippen molar-refractivity contribution in [2.45, 2.75) is 19.5 Å². The van der Waals surface area contributed by atoms with Crippen LogP contribution >= 0.6 is 15.9 Å². The summed E-state index contributed by atoms with van der Waals surface area (Å²) in [4.78, 5) is 0. The zero-order chi connectivity index (χ0) is 12.8. The topological polar surface area (TPSA) is 50.7 Å². The van der Waals surface area contributed by atoms with E-state index < -0.39 is 0 Å². The van der Waals surface area contributed by atoms with E-state index in [2.05, 4.69) is 21.2 Å². The van der Waals surface area contributed by atoms with Gasteiger partial charge in [0, 0.05) is 12.6 Å². The summed E-state index contributed by atoms with van der Waals surface area (Å²) in [5.41, 5.74) is 1.06. The Balaban J connectivity index is 2.84. The largest absolute Gasteiger partial charge is 0.493 e. The molecule has 0 heterocycles. The van der Waals surface area contributed by atoms with Crippen molar-refractivity contribution in [1.29, 1.82) is 0 Å². The molecular weight excluding hydrogens is 286 g/mol. The van der Waals surface area contributed by atoms with E-state index in [9.17, 15) is 0 Å². The van der Waals surface area contributed by atoms with Gasteiger partial charge in [0.05, 0.1) is 25.3 Å². The van der Waals surface area contributed by atoms with Crippen molar-refractivity contribution < 1.29 is 14.6 Å². The number of nitrogens with one attached hydrogen (secondary N) is 1. The fourth-order valence-corrected chi connectivity index (χ4v) is 2.08. The van der Waals surface area contributed by atoms with Gasteiger partial charge in [-0.05, 0) is 40.5 Å². The smallest absolute Gasteiger partial charge is 0.174 e. The number of hydrogen-bond donors (Lipinski definition) is 2. The molecule has 4 nitrogen and oxygen atoms in total. The van der Waals surface area contributed by atoms with Gasteiger partial charge in [-0.15, -0.1) is 0 Å². The number of methoxy groups -OCH3 is 2. The zero-order valence-corrected chi connectivity index (χ0v) is 11.9. The SMILES string of the molecule is COc1cc(CNC(C)CO)cc(Br)c1OC. The Bertz CT molecular complexity index is 371. The van der Waals surface area contributed by atoms with E-state index in [1.807, 2.05) is 19.1 Å². The second kappa shape index (κ2) is 6.83. The van der Waals surface area contributed by atoms with Crippen LogP contribution < -0.4 is 14.8 Å². The van der Waals surface area contributed by atoms with Gasteiger partial charge in [-0.3, -0.25) is 0 Å². The minimum atomic E-state index is 0.0712. The molecule has 1 atom stereocenters. The average molecular weight is 304 g/mol. The Hall–Kier alpha value is -0.780. The number of benzene rings is 1. The first-order chi connectivity index (χ1) is 8.12. The maximum Gasteiger partial charge on any atom is 0.174 e. The molecule has 0 bridgehead atoms. The van der Waals surface area contributed by atoms with Crippen LogP contribution in [0, 0.1) is 0 Å². The monoisotopic (exact) mass is 303 g/mol. The molecule has 2 N–H and O–H groups in total. The van der Waals surface area contributed by atoms with Crippen LogP contribution in [0.1, 0.15) is 12.5 Å². The molecular formula is C12H18BrNO3. The van der Waals surface area contributed by atoms with E-state index in [1.165, 1.54) is 0 Å². The predicted molar refractivity (Wildman–Crippen MR) is 70.6 cm³/mol. The molecule has 0 aromatic heterocycles. The standard InChI is InChI=1S/C12H18BrNO3/c1-8(7-15)14-6-9-4-10(13)12(17-3)11(5-9)16-2/h4-5,8,14-15H,6-7H2,1-3H3. The second-order valence-electron chi connectivity index (χ2n) is 3.78. The molecule has 0 saturated heterocycles. The predicted octanol–water partition coefficient (Wildman–Crippen LogP) is 1.94. The molecule has 1 aromatic rings. The first-order valence-electron chi connectivity index (χ1n) is 5.37. The summed E-state index contributed by atoms with van der Waals surface area (Å²) in [6, 6.07) is 3.96. The van der Waals surface area contributed by atoms with Gasteiger partial charge in [-0.2, -0.15) is 0 Å². The molecule has 1 unspecified atom stereocenters. The van der Waals surface area contributed by atoms with Crippen molar-refractivity contribution >= 4 is 15.9 Å². The van der Waals surface area contributed by atoms with E-state index >= 15 is 0 Å². The normalized spacial score (nSPS) is 12.3. The molecule has 0 amide bonds. The van der Waals surface area contributed by atoms with E-state index in [4.69, 9.17) is 14.6 Å². The Morgan fingerprint density at radius 1 is 1.35 bits per heavy atom. The maximum atomic E-state index is 8.93. The van der Waals surface area contributed by atoms with Gasteiger partial charge in [0.1, 0.15) is 0 Å². The lowest BCUT2D eigenvalue weighted by atomic mass is 10.2. The third kappa shape index (κ3) is 3.87. The van der Waals surface area contributed by atoms with Crippen LogP contribution in [-0.2, 0) is 6.54 Å². The molecule has 0 aliphatic carbocycles. The highest BCUT2D eigenvalue weighted by Gasteiger charge is 2.10. The lowest BCUT2D eigenvalue weighted by Gasteiger charge is -2.14. The lowest BCUT2D eigenvalue weighted by molar-refractivity contribution is 0.251. The lowest BCUT2D eigenvalue weighted by Crippen LogP contribution is -2.28. The summed E-state index contributed by atoms with van der Waals surface area (Å²) in [6.07, 6.45) is 0. The number of aliphatic hydroxyl groups is 1. The van der Waals surface area contributed by atoms with Crippen LogP contribution in [0.15, 0.2) is 16.6 Å². The molecule has 1 aromatic carbocycles. The van der Waals surface area contributed by atoms with Crippen molar-refractivity contribution in [2.75, 3.05) is 20.8 Å². The maximum absolute atomic E-state index is 8.93. The van der Waals surface area contributed by atoms with Gasteiger partial charge in [0.25, 0.3) is 0 Å². The fourth-order valence-electron chi connectivity index (χ4n) is 1.43. The molecule has 1 rings (SSSR count). The summed E-state index contributed by atoms with van der Waals surface area (Å²) in [5.74, 6) is 1.38. The van der Waals surface area contributed by atoms with E-state index in [0.29, 0.717) is 18.0 Å². The molecule has 0 aliphatic heterocycles. The van der Waals surface area contributed by atoms with Crippen molar-refractivity contribution in [1.82, 2.24) is 5.32 Å². The highest BCUT2D eigenvalue weighted by molar-refractivity contribution is 9.10. The number of halogens is 1. The van der Waals surface area contributed by atoms with Gasteiger partial charge in [0.15, 0.2) is 11.5 Å². The van der Waals surface area contributed by atoms with Crippen LogP contribution in [-0.4, -0.2) is 32.0 Å². The third-order valence-electron chi connectivity index (χ3n) is 2.42. The molecule has 0 fully saturated rings. The van der Waals surface area contributed by atoms with Crippen LogP contribution in [0.3, 0.4) is 0 Å². The molecule has 0 spiro atoms. The fraction of sp³-hybridized carbons (Fsp3) is 0.500. The summed E-state index contributed by atoms with van der Waals surface area (Å²) in [5, 5.41) is 12.1. The first-order valence-corrected chi connectivity index (χ1v) is 6.16. The highest BCUT2D eigenvalue weighted by atomic mass is 79.9. The number of rotatable bonds is 6. The van der Waals surface area contributed by atoms with Gasteiger partial charge in [0.2, 0.25) is 0 Å². The van der Waals surface area contributed by atoms with E-state index in [1.54, 1.807) is 14.2 Å². The summed E-state index contributed by atoms with van der Waals surface area (Å²) in [7, 11) is 3.21. The van der Waals surface area contributed by atoms with Gasteiger partial charge in [-0.1, -0.05) is 0 Å². The van der Waals surface area contributed by atoms with Gasteiger partial charge < -0.3 is 19.9 Å². The van der Waals surface area contributed by atoms with Crippen molar-refractivity contribution in [3.63, 3.8) is 0 Å². The Morgan fingerprint density at radius 3 is 2.59 bits per heavy atom. The molecule has 0 saturated carbocycles. The number of ether oxygens (including phenoxy) is 2. The minimum Gasteiger partial charge on any atom is -0.493 e. The van der Waals surface area contributed by atoms with Crippen LogP contribution in [0.4, 0.5) is 0 Å². The van der Waals surface area contributed by atoms with Gasteiger partial charge >= 0.3 is 0 Å². The summed E-state index contributed by atoms with van der Waals surface area (Å²) < 4.78 is 11.3. The van der Waals surface area contributed by atoms with E-state index in [0.717, 1.165) is 10.0 Å². The second-order valence-corrected chi connectivity index (χ2v) is 4.63. The highest BCUT2D eigenvalue weighted by Crippen LogP contribution is 2.36. The molecule has 96 valence electrons. The number of aliphatic hydroxyl groups excluding tert-OH is 1. The van der Waals surface area contributed by atoms with Crippen molar-refractivity contribution in [2.24, 2.45) is 0 Å². The summed E-state index contributed by atoms with van der Waals surface area (Å²) in [6.45, 7) is 2.71. The molecule has 0 radical (unpaired) electrons. The first kappa shape index (κ1) is 14.3. The van der Waals surface area contributed by atoms with Crippen molar-refractivity contribution in [3.05, 3.63) is 22.2 Å². The summed E-state index contributed by atoms with van der Waals surface area (Å²) >= 11 is 3.44. The Kier molecular flexibility index (Phi) is 5.74. The quantitative estimate of drug-likeness (QED) is 0.843. The van der Waals surface area contributed by atoms with E-state index in [-0.39, 0.29) is 12.6 Å². The van der Waals surface area contributed by atoms with Crippen LogP contribution in [0.5, 0.6) is 11.5 Å². The Labute approximate surface area is 110 Å². The van der Waals surface area contributed by atoms with Crippen molar-refractivity contribution in [3.8, 4) is 11.5 Å². The molecule has 5 heteroatoms.